The van der Waals surface area contributed by atoms with Gasteiger partial charge >= 0.3 is 0 Å². The number of aromatic nitrogens is 1. The third kappa shape index (κ3) is 0.455. The summed E-state index contributed by atoms with van der Waals surface area (Å²) in [6, 6.07) is 3.63. The molecule has 0 radical (unpaired) electrons. The lowest BCUT2D eigenvalue weighted by molar-refractivity contribution is 0.609. The second-order valence-electron chi connectivity index (χ2n) is 1.87. The molecule has 2 heterocycles. The number of nitrogen functional groups attached to an aromatic ring is 1. The van der Waals surface area contributed by atoms with E-state index in [9.17, 15) is 0 Å². The topological polar surface area (TPSA) is 43.6 Å². The highest BCUT2D eigenvalue weighted by Crippen LogP contribution is 2.10. The molecule has 0 unspecified atom stereocenters. The molecule has 0 atom stereocenters. The van der Waals surface area contributed by atoms with Crippen LogP contribution in [-0.2, 0) is 0 Å². The van der Waals surface area contributed by atoms with Gasteiger partial charge in [-0.3, -0.25) is 4.40 Å². The third-order valence-corrected chi connectivity index (χ3v) is 1.31. The van der Waals surface area contributed by atoms with Gasteiger partial charge in [0.2, 0.25) is 5.71 Å². The summed E-state index contributed by atoms with van der Waals surface area (Å²) in [6.07, 6.45) is 3.39. The molecule has 2 aromatic heterocycles. The van der Waals surface area contributed by atoms with Crippen LogP contribution in [-0.4, -0.2) is 4.40 Å². The van der Waals surface area contributed by atoms with Gasteiger partial charge in [0.25, 0.3) is 0 Å². The minimum absolute atomic E-state index is 0.707. The molecule has 46 valence electrons. The molecule has 9 heavy (non-hydrogen) atoms. The lowest BCUT2D eigenvalue weighted by Gasteiger charge is -1.83. The first-order chi connectivity index (χ1) is 4.38. The van der Waals surface area contributed by atoms with Crippen LogP contribution in [0.2, 0.25) is 0 Å². The van der Waals surface area contributed by atoms with Gasteiger partial charge in [-0.15, -0.1) is 0 Å². The quantitative estimate of drug-likeness (QED) is 0.568. The molecule has 0 saturated heterocycles. The monoisotopic (exact) mass is 122 g/mol. The molecule has 0 aliphatic rings. The first kappa shape index (κ1) is 4.49. The lowest BCUT2D eigenvalue weighted by atomic mass is 10.6. The van der Waals surface area contributed by atoms with Crippen molar-refractivity contribution in [3.63, 3.8) is 0 Å². The third-order valence-electron chi connectivity index (χ3n) is 1.31. The number of nitrogens with two attached hydrogens (primary N) is 1. The Morgan fingerprint density at radius 2 is 2.33 bits per heavy atom. The van der Waals surface area contributed by atoms with E-state index < -0.39 is 0 Å². The number of anilines is 1. The number of hydrogen-bond donors (Lipinski definition) is 1. The number of hydrogen-bond acceptors (Lipinski definition) is 2. The van der Waals surface area contributed by atoms with Crippen LogP contribution in [0.25, 0.3) is 5.71 Å². The lowest BCUT2D eigenvalue weighted by Crippen LogP contribution is -1.87. The second kappa shape index (κ2) is 1.31. The summed E-state index contributed by atoms with van der Waals surface area (Å²) in [5.74, 6) is 0.707. The molecule has 0 spiro atoms. The Morgan fingerprint density at radius 1 is 1.44 bits per heavy atom. The maximum absolute atomic E-state index is 5.52. The zero-order valence-electron chi connectivity index (χ0n) is 4.74. The van der Waals surface area contributed by atoms with Gasteiger partial charge in [0.1, 0.15) is 12.1 Å². The van der Waals surface area contributed by atoms with Crippen molar-refractivity contribution >= 4 is 11.5 Å². The normalized spacial score (nSPS) is 10.7. The summed E-state index contributed by atoms with van der Waals surface area (Å²) in [5, 5.41) is 0. The standard InChI is InChI=1S/C6H6N2O/c7-5-1-2-6-8(5)3-4-9-6/h1-4H,7H2. The first-order valence-electron chi connectivity index (χ1n) is 2.68. The molecule has 0 fully saturated rings. The van der Waals surface area contributed by atoms with Crippen LogP contribution in [0.15, 0.2) is 29.0 Å². The summed E-state index contributed by atoms with van der Waals surface area (Å²) in [6.45, 7) is 0. The number of oxazole rings is 1. The van der Waals surface area contributed by atoms with Crippen LogP contribution < -0.4 is 5.73 Å². The zero-order chi connectivity index (χ0) is 6.27. The fraction of sp³-hybridized carbons (Fsp3) is 0. The molecular weight excluding hydrogens is 116 g/mol. The van der Waals surface area contributed by atoms with E-state index in [1.165, 1.54) is 0 Å². The van der Waals surface area contributed by atoms with Gasteiger partial charge in [-0.25, -0.2) is 0 Å². The highest BCUT2D eigenvalue weighted by molar-refractivity contribution is 5.47. The average Bonchev–Trinajstić information content (AvgIpc) is 2.35. The Balaban J connectivity index is 2.99. The van der Waals surface area contributed by atoms with Gasteiger partial charge in [-0.05, 0) is 6.07 Å². The van der Waals surface area contributed by atoms with Crippen molar-refractivity contribution < 1.29 is 4.42 Å². The van der Waals surface area contributed by atoms with E-state index in [2.05, 4.69) is 0 Å². The number of nitrogens with zero attached hydrogens (tertiary/aromatic N) is 1. The van der Waals surface area contributed by atoms with E-state index in [1.807, 2.05) is 6.07 Å². The van der Waals surface area contributed by atoms with Gasteiger partial charge in [0.05, 0.1) is 0 Å². The van der Waals surface area contributed by atoms with Crippen LogP contribution in [0, 0.1) is 0 Å². The van der Waals surface area contributed by atoms with Crippen LogP contribution >= 0.6 is 0 Å². The number of fused-ring (bicyclic) bond motifs is 1. The molecular formula is C6H6N2O. The van der Waals surface area contributed by atoms with E-state index in [4.69, 9.17) is 10.2 Å². The molecule has 2 rings (SSSR count). The molecule has 3 heteroatoms. The Labute approximate surface area is 51.7 Å². The maximum Gasteiger partial charge on any atom is 0.205 e. The summed E-state index contributed by atoms with van der Waals surface area (Å²) >= 11 is 0. The minimum Gasteiger partial charge on any atom is -0.447 e. The first-order valence-corrected chi connectivity index (χ1v) is 2.68. The van der Waals surface area contributed by atoms with Crippen molar-refractivity contribution in [2.45, 2.75) is 0 Å². The minimum atomic E-state index is 0.707. The Kier molecular flexibility index (Phi) is 0.656. The molecule has 0 aromatic carbocycles. The fourth-order valence-electron chi connectivity index (χ4n) is 0.861. The van der Waals surface area contributed by atoms with Crippen molar-refractivity contribution in [2.24, 2.45) is 0 Å². The fourth-order valence-corrected chi connectivity index (χ4v) is 0.861. The van der Waals surface area contributed by atoms with E-state index in [0.29, 0.717) is 5.82 Å². The van der Waals surface area contributed by atoms with Crippen LogP contribution in [0.5, 0.6) is 0 Å². The molecule has 0 bridgehead atoms. The van der Waals surface area contributed by atoms with E-state index in [-0.39, 0.29) is 0 Å². The molecule has 0 saturated carbocycles. The van der Waals surface area contributed by atoms with Crippen molar-refractivity contribution in [2.75, 3.05) is 5.73 Å². The van der Waals surface area contributed by atoms with Gasteiger partial charge in [-0.1, -0.05) is 0 Å². The largest absolute Gasteiger partial charge is 0.447 e. The Hall–Kier alpha value is -1.38. The summed E-state index contributed by atoms with van der Waals surface area (Å²) in [5.41, 5.74) is 6.31. The molecule has 3 nitrogen and oxygen atoms in total. The molecule has 0 aliphatic heterocycles. The van der Waals surface area contributed by atoms with E-state index in [1.54, 1.807) is 22.9 Å². The molecule has 0 aliphatic carbocycles. The Bertz CT molecular complexity index is 320. The smallest absolute Gasteiger partial charge is 0.205 e. The number of rotatable bonds is 0. The predicted molar refractivity (Wildman–Crippen MR) is 34.1 cm³/mol. The SMILES string of the molecule is Nc1ccc2occn12. The maximum atomic E-state index is 5.52. The van der Waals surface area contributed by atoms with Gasteiger partial charge in [0, 0.05) is 12.3 Å². The van der Waals surface area contributed by atoms with Gasteiger partial charge < -0.3 is 10.2 Å². The van der Waals surface area contributed by atoms with Crippen molar-refractivity contribution in [1.82, 2.24) is 4.40 Å². The van der Waals surface area contributed by atoms with E-state index in [0.717, 1.165) is 5.71 Å². The van der Waals surface area contributed by atoms with Gasteiger partial charge in [0.15, 0.2) is 0 Å². The molecule has 0 amide bonds. The summed E-state index contributed by atoms with van der Waals surface area (Å²) in [7, 11) is 0. The average molecular weight is 122 g/mol. The van der Waals surface area contributed by atoms with Crippen LogP contribution in [0.4, 0.5) is 5.82 Å². The van der Waals surface area contributed by atoms with Gasteiger partial charge in [-0.2, -0.15) is 0 Å². The summed E-state index contributed by atoms with van der Waals surface area (Å²) in [4.78, 5) is 0. The predicted octanol–water partition coefficient (Wildman–Crippen LogP) is 1.11. The van der Waals surface area contributed by atoms with Crippen molar-refractivity contribution in [3.05, 3.63) is 24.6 Å². The van der Waals surface area contributed by atoms with Crippen molar-refractivity contribution in [1.29, 1.82) is 0 Å². The molecule has 2 N–H and O–H groups in total. The van der Waals surface area contributed by atoms with E-state index >= 15 is 0 Å². The molecule has 2 aromatic rings. The second-order valence-corrected chi connectivity index (χ2v) is 1.87. The van der Waals surface area contributed by atoms with Crippen molar-refractivity contribution in [3.8, 4) is 0 Å². The zero-order valence-corrected chi connectivity index (χ0v) is 4.74. The highest BCUT2D eigenvalue weighted by Gasteiger charge is 1.96. The Morgan fingerprint density at radius 3 is 3.11 bits per heavy atom. The summed E-state index contributed by atoms with van der Waals surface area (Å²) < 4.78 is 6.80. The van der Waals surface area contributed by atoms with Crippen LogP contribution in [0.1, 0.15) is 0 Å². The highest BCUT2D eigenvalue weighted by atomic mass is 16.3. The van der Waals surface area contributed by atoms with Crippen LogP contribution in [0.3, 0.4) is 0 Å².